The van der Waals surface area contributed by atoms with E-state index in [1.165, 1.54) is 18.5 Å². The first-order valence-electron chi connectivity index (χ1n) is 7.06. The highest BCUT2D eigenvalue weighted by Gasteiger charge is 2.34. The summed E-state index contributed by atoms with van der Waals surface area (Å²) in [5, 5.41) is 10.1. The summed E-state index contributed by atoms with van der Waals surface area (Å²) >= 11 is 0. The molecule has 3 aromatic rings. The second-order valence-electron chi connectivity index (χ2n) is 5.41. The number of H-pyrrole nitrogens is 1. The van der Waals surface area contributed by atoms with Crippen LogP contribution in [0.25, 0.3) is 11.2 Å². The molecule has 0 bridgehead atoms. The van der Waals surface area contributed by atoms with Crippen molar-refractivity contribution in [1.29, 1.82) is 0 Å². The summed E-state index contributed by atoms with van der Waals surface area (Å²) in [6.07, 6.45) is 3.06. The third-order valence-electron chi connectivity index (χ3n) is 3.99. The Balaban J connectivity index is 1.80. The molecule has 4 rings (SSSR count). The van der Waals surface area contributed by atoms with Gasteiger partial charge < -0.3 is 15.0 Å². The number of β-amino-alcohol motifs (C(OH)–C–C–N with tert-alkyl or cyclic N) is 1. The molecule has 22 heavy (non-hydrogen) atoms. The van der Waals surface area contributed by atoms with Gasteiger partial charge in [0.2, 0.25) is 0 Å². The van der Waals surface area contributed by atoms with Crippen molar-refractivity contribution in [3.63, 3.8) is 0 Å². The zero-order chi connectivity index (χ0) is 15.1. The number of hydrogen-bond acceptors (Lipinski definition) is 5. The number of nitrogens with one attached hydrogen (secondary N) is 1. The number of aliphatic hydroxyl groups is 1. The van der Waals surface area contributed by atoms with Gasteiger partial charge in [-0.3, -0.25) is 0 Å². The van der Waals surface area contributed by atoms with Crippen molar-refractivity contribution < 1.29 is 9.50 Å². The number of aliphatic hydroxyl groups excluding tert-OH is 1. The summed E-state index contributed by atoms with van der Waals surface area (Å²) in [6, 6.07) is 6.33. The van der Waals surface area contributed by atoms with Crippen LogP contribution in [0.4, 0.5) is 10.2 Å². The van der Waals surface area contributed by atoms with Crippen LogP contribution in [-0.2, 0) is 0 Å². The summed E-state index contributed by atoms with van der Waals surface area (Å²) in [7, 11) is 0. The van der Waals surface area contributed by atoms with E-state index in [0.717, 1.165) is 11.1 Å². The van der Waals surface area contributed by atoms with E-state index in [0.29, 0.717) is 24.4 Å². The zero-order valence-electron chi connectivity index (χ0n) is 11.6. The van der Waals surface area contributed by atoms with Gasteiger partial charge in [0, 0.05) is 6.54 Å². The minimum Gasteiger partial charge on any atom is -0.391 e. The molecule has 1 aliphatic rings. The molecular formula is C15H14FN5O. The summed E-state index contributed by atoms with van der Waals surface area (Å²) in [5.41, 5.74) is 2.12. The average molecular weight is 299 g/mol. The SMILES string of the molecule is O[C@H]1C[C@@H](c2cccc(F)c2)N(c2ncnc3nc[nH]c23)C1. The van der Waals surface area contributed by atoms with Crippen LogP contribution in [0.3, 0.4) is 0 Å². The third-order valence-corrected chi connectivity index (χ3v) is 3.99. The third kappa shape index (κ3) is 2.10. The Labute approximate surface area is 125 Å². The van der Waals surface area contributed by atoms with E-state index >= 15 is 0 Å². The largest absolute Gasteiger partial charge is 0.391 e. The molecule has 3 heterocycles. The molecule has 7 heteroatoms. The van der Waals surface area contributed by atoms with E-state index in [9.17, 15) is 9.50 Å². The maximum absolute atomic E-state index is 13.5. The maximum atomic E-state index is 13.5. The van der Waals surface area contributed by atoms with Crippen LogP contribution >= 0.6 is 0 Å². The number of anilines is 1. The Morgan fingerprint density at radius 3 is 3.05 bits per heavy atom. The Kier molecular flexibility index (Phi) is 3.00. The normalized spacial score (nSPS) is 21.6. The van der Waals surface area contributed by atoms with Gasteiger partial charge in [-0.2, -0.15) is 0 Å². The van der Waals surface area contributed by atoms with Gasteiger partial charge in [-0.1, -0.05) is 12.1 Å². The summed E-state index contributed by atoms with van der Waals surface area (Å²) in [5.74, 6) is 0.390. The van der Waals surface area contributed by atoms with E-state index in [-0.39, 0.29) is 11.9 Å². The molecule has 0 saturated carbocycles. The first kappa shape index (κ1) is 13.1. The van der Waals surface area contributed by atoms with Crippen molar-refractivity contribution in [2.75, 3.05) is 11.4 Å². The number of hydrogen-bond donors (Lipinski definition) is 2. The number of imidazole rings is 1. The van der Waals surface area contributed by atoms with Gasteiger partial charge in [0.25, 0.3) is 0 Å². The van der Waals surface area contributed by atoms with Gasteiger partial charge in [-0.05, 0) is 24.1 Å². The Bertz CT molecular complexity index is 820. The van der Waals surface area contributed by atoms with Crippen molar-refractivity contribution in [3.05, 3.63) is 48.3 Å². The lowest BCUT2D eigenvalue weighted by Gasteiger charge is -2.25. The maximum Gasteiger partial charge on any atom is 0.182 e. The van der Waals surface area contributed by atoms with E-state index in [4.69, 9.17) is 0 Å². The Hall–Kier alpha value is -2.54. The number of aromatic amines is 1. The molecule has 2 atom stereocenters. The Morgan fingerprint density at radius 1 is 1.27 bits per heavy atom. The first-order valence-corrected chi connectivity index (χ1v) is 7.06. The van der Waals surface area contributed by atoms with E-state index in [1.54, 1.807) is 12.4 Å². The number of aromatic nitrogens is 4. The topological polar surface area (TPSA) is 77.9 Å². The molecule has 0 amide bonds. The molecule has 1 fully saturated rings. The van der Waals surface area contributed by atoms with Crippen molar-refractivity contribution >= 4 is 17.0 Å². The van der Waals surface area contributed by atoms with Gasteiger partial charge in [0.15, 0.2) is 11.5 Å². The van der Waals surface area contributed by atoms with Crippen molar-refractivity contribution in [3.8, 4) is 0 Å². The number of halogens is 1. The summed E-state index contributed by atoms with van der Waals surface area (Å²) in [6.45, 7) is 0.437. The quantitative estimate of drug-likeness (QED) is 0.754. The second kappa shape index (κ2) is 5.03. The smallest absolute Gasteiger partial charge is 0.182 e. The van der Waals surface area contributed by atoms with Crippen LogP contribution in [0.2, 0.25) is 0 Å². The summed E-state index contributed by atoms with van der Waals surface area (Å²) < 4.78 is 13.5. The minimum absolute atomic E-state index is 0.132. The number of nitrogens with zero attached hydrogens (tertiary/aromatic N) is 4. The number of rotatable bonds is 2. The monoisotopic (exact) mass is 299 g/mol. The van der Waals surface area contributed by atoms with Crippen molar-refractivity contribution in [1.82, 2.24) is 19.9 Å². The minimum atomic E-state index is -0.485. The van der Waals surface area contributed by atoms with Gasteiger partial charge in [-0.15, -0.1) is 0 Å². The van der Waals surface area contributed by atoms with Gasteiger partial charge in [-0.25, -0.2) is 19.3 Å². The lowest BCUT2D eigenvalue weighted by molar-refractivity contribution is 0.194. The fraction of sp³-hybridized carbons (Fsp3) is 0.267. The molecule has 6 nitrogen and oxygen atoms in total. The molecule has 2 N–H and O–H groups in total. The first-order chi connectivity index (χ1) is 10.7. The highest BCUT2D eigenvalue weighted by molar-refractivity contribution is 5.83. The van der Waals surface area contributed by atoms with Gasteiger partial charge >= 0.3 is 0 Å². The molecule has 0 unspecified atom stereocenters. The summed E-state index contributed by atoms with van der Waals surface area (Å²) in [4.78, 5) is 17.6. The predicted molar refractivity (Wildman–Crippen MR) is 78.8 cm³/mol. The molecule has 112 valence electrons. The molecule has 0 radical (unpaired) electrons. The van der Waals surface area contributed by atoms with Gasteiger partial charge in [0.05, 0.1) is 18.5 Å². The van der Waals surface area contributed by atoms with Crippen molar-refractivity contribution in [2.24, 2.45) is 0 Å². The van der Waals surface area contributed by atoms with Crippen molar-refractivity contribution in [2.45, 2.75) is 18.6 Å². The van der Waals surface area contributed by atoms with E-state index in [2.05, 4.69) is 19.9 Å². The molecular weight excluding hydrogens is 285 g/mol. The Morgan fingerprint density at radius 2 is 2.18 bits per heavy atom. The molecule has 1 aromatic carbocycles. The predicted octanol–water partition coefficient (Wildman–Crippen LogP) is 1.80. The van der Waals surface area contributed by atoms with Gasteiger partial charge in [0.1, 0.15) is 17.7 Å². The standard InChI is InChI=1S/C15H14FN5O/c16-10-3-1-2-9(4-10)12-5-11(22)6-21(12)15-13-14(18-7-17-13)19-8-20-15/h1-4,7-8,11-12,22H,5-6H2,(H,17,18,19,20)/t11-,12-/m0/s1. The second-order valence-corrected chi connectivity index (χ2v) is 5.41. The van der Waals surface area contributed by atoms with Crippen LogP contribution in [0, 0.1) is 5.82 Å². The molecule has 1 saturated heterocycles. The van der Waals surface area contributed by atoms with Crippen LogP contribution < -0.4 is 4.90 Å². The highest BCUT2D eigenvalue weighted by Crippen LogP contribution is 2.37. The van der Waals surface area contributed by atoms with E-state index in [1.807, 2.05) is 11.0 Å². The molecule has 0 spiro atoms. The lowest BCUT2D eigenvalue weighted by atomic mass is 10.0. The zero-order valence-corrected chi connectivity index (χ0v) is 11.6. The van der Waals surface area contributed by atoms with Crippen LogP contribution in [0.15, 0.2) is 36.9 Å². The molecule has 0 aliphatic carbocycles. The average Bonchev–Trinajstić information content (AvgIpc) is 3.13. The molecule has 1 aliphatic heterocycles. The van der Waals surface area contributed by atoms with Crippen LogP contribution in [0.1, 0.15) is 18.0 Å². The number of fused-ring (bicyclic) bond motifs is 1. The van der Waals surface area contributed by atoms with E-state index < -0.39 is 6.10 Å². The lowest BCUT2D eigenvalue weighted by Crippen LogP contribution is -2.25. The van der Waals surface area contributed by atoms with Crippen LogP contribution in [-0.4, -0.2) is 37.7 Å². The van der Waals surface area contributed by atoms with Crippen LogP contribution in [0.5, 0.6) is 0 Å². The fourth-order valence-electron chi connectivity index (χ4n) is 3.05. The fourth-order valence-corrected chi connectivity index (χ4v) is 3.05. The number of benzene rings is 1. The highest BCUT2D eigenvalue weighted by atomic mass is 19.1. The molecule has 2 aromatic heterocycles.